The van der Waals surface area contributed by atoms with Gasteiger partial charge in [0.25, 0.3) is 17.4 Å². The number of amides is 1. The van der Waals surface area contributed by atoms with Crippen molar-refractivity contribution in [1.29, 1.82) is 5.26 Å². The van der Waals surface area contributed by atoms with E-state index in [2.05, 4.69) is 16.4 Å². The first kappa shape index (κ1) is 23.9. The molecule has 1 fully saturated rings. The van der Waals surface area contributed by atoms with Crippen molar-refractivity contribution in [2.24, 2.45) is 5.41 Å². The minimum Gasteiger partial charge on any atom is -0.377 e. The number of aryl methyl sites for hydroxylation is 1. The molecule has 2 aromatic heterocycles. The molecular formula is C26H24F3N5O2. The summed E-state index contributed by atoms with van der Waals surface area (Å²) in [6.45, 7) is 0.137. The molecule has 5 rings (SSSR count). The standard InChI is InChI=1S/C26H24F3N5O2/c1-15-19(23(35)33(2)13-25(11-30)7-8-25)24(36)34-14-26(28,29)12-32-21-17(10-31-20(15)22(21)34)9-16-3-5-18(27)6-4-16/h3-6,10,32H,7-9,12-14H2,1-2H3. The number of aromatic nitrogens is 2. The summed E-state index contributed by atoms with van der Waals surface area (Å²) in [5.74, 6) is -4.27. The Labute approximate surface area is 205 Å². The normalized spacial score (nSPS) is 17.1. The molecule has 36 heavy (non-hydrogen) atoms. The second-order valence-electron chi connectivity index (χ2n) is 9.81. The molecule has 0 saturated heterocycles. The maximum Gasteiger partial charge on any atom is 0.282 e. The summed E-state index contributed by atoms with van der Waals surface area (Å²) in [6.07, 6.45) is 3.15. The predicted molar refractivity (Wildman–Crippen MR) is 128 cm³/mol. The van der Waals surface area contributed by atoms with Gasteiger partial charge in [-0.3, -0.25) is 19.1 Å². The predicted octanol–water partition coefficient (Wildman–Crippen LogP) is 3.87. The van der Waals surface area contributed by atoms with Gasteiger partial charge in [-0.15, -0.1) is 0 Å². The van der Waals surface area contributed by atoms with Gasteiger partial charge in [-0.05, 0) is 43.0 Å². The summed E-state index contributed by atoms with van der Waals surface area (Å²) >= 11 is 0. The first-order valence-corrected chi connectivity index (χ1v) is 11.6. The number of pyridine rings is 2. The Bertz CT molecular complexity index is 1490. The Hall–Kier alpha value is -3.87. The number of hydrogen-bond donors (Lipinski definition) is 1. The topological polar surface area (TPSA) is 91.0 Å². The van der Waals surface area contributed by atoms with E-state index in [1.807, 2.05) is 0 Å². The fourth-order valence-electron chi connectivity index (χ4n) is 4.83. The molecule has 3 heterocycles. The number of nitrogens with zero attached hydrogens (tertiary/aromatic N) is 4. The smallest absolute Gasteiger partial charge is 0.282 e. The number of benzene rings is 1. The molecule has 186 valence electrons. The Morgan fingerprint density at radius 1 is 1.28 bits per heavy atom. The van der Waals surface area contributed by atoms with Gasteiger partial charge in [-0.2, -0.15) is 5.26 Å². The summed E-state index contributed by atoms with van der Waals surface area (Å²) in [4.78, 5) is 32.7. The molecule has 1 aliphatic heterocycles. The second kappa shape index (κ2) is 8.36. The van der Waals surface area contributed by atoms with Crippen LogP contribution in [-0.2, 0) is 13.0 Å². The number of nitriles is 1. The lowest BCUT2D eigenvalue weighted by Crippen LogP contribution is -2.40. The summed E-state index contributed by atoms with van der Waals surface area (Å²) in [5.41, 5.74) is 0.791. The van der Waals surface area contributed by atoms with Crippen molar-refractivity contribution in [2.75, 3.05) is 25.5 Å². The van der Waals surface area contributed by atoms with Crippen LogP contribution in [0.4, 0.5) is 18.9 Å². The molecular weight excluding hydrogens is 471 g/mol. The molecule has 0 radical (unpaired) electrons. The third-order valence-electron chi connectivity index (χ3n) is 7.00. The number of alkyl halides is 2. The second-order valence-corrected chi connectivity index (χ2v) is 9.81. The quantitative estimate of drug-likeness (QED) is 0.580. The van der Waals surface area contributed by atoms with E-state index in [1.54, 1.807) is 19.1 Å². The molecule has 1 aromatic carbocycles. The van der Waals surface area contributed by atoms with Crippen LogP contribution in [0.3, 0.4) is 0 Å². The molecule has 7 nitrogen and oxygen atoms in total. The summed E-state index contributed by atoms with van der Waals surface area (Å²) < 4.78 is 43.9. The van der Waals surface area contributed by atoms with E-state index in [0.29, 0.717) is 29.7 Å². The van der Waals surface area contributed by atoms with Gasteiger partial charge in [0, 0.05) is 31.8 Å². The zero-order chi connectivity index (χ0) is 25.8. The van der Waals surface area contributed by atoms with Crippen molar-refractivity contribution in [3.63, 3.8) is 0 Å². The van der Waals surface area contributed by atoms with Gasteiger partial charge in [0.1, 0.15) is 11.4 Å². The molecule has 0 bridgehead atoms. The molecule has 1 amide bonds. The lowest BCUT2D eigenvalue weighted by atomic mass is 10.0. The Morgan fingerprint density at radius 2 is 1.97 bits per heavy atom. The fourth-order valence-corrected chi connectivity index (χ4v) is 4.83. The molecule has 0 unspecified atom stereocenters. The Balaban J connectivity index is 1.66. The maximum atomic E-state index is 14.8. The van der Waals surface area contributed by atoms with E-state index in [4.69, 9.17) is 0 Å². The Morgan fingerprint density at radius 3 is 2.61 bits per heavy atom. The van der Waals surface area contributed by atoms with E-state index < -0.39 is 35.9 Å². The number of carbonyl (C=O) groups excluding carboxylic acids is 1. The summed E-state index contributed by atoms with van der Waals surface area (Å²) in [5, 5.41) is 12.2. The van der Waals surface area contributed by atoms with Crippen molar-refractivity contribution < 1.29 is 18.0 Å². The number of rotatable bonds is 5. The van der Waals surface area contributed by atoms with Crippen LogP contribution < -0.4 is 10.9 Å². The Kier molecular flexibility index (Phi) is 5.54. The zero-order valence-corrected chi connectivity index (χ0v) is 19.9. The van der Waals surface area contributed by atoms with Crippen LogP contribution in [0.25, 0.3) is 11.0 Å². The minimum absolute atomic E-state index is 0.159. The molecule has 10 heteroatoms. The number of nitrogens with one attached hydrogen (secondary N) is 1. The highest BCUT2D eigenvalue weighted by Gasteiger charge is 2.45. The first-order chi connectivity index (χ1) is 17.0. The van der Waals surface area contributed by atoms with E-state index in [1.165, 1.54) is 30.3 Å². The summed E-state index contributed by atoms with van der Waals surface area (Å²) in [7, 11) is 1.51. The third kappa shape index (κ3) is 4.08. The van der Waals surface area contributed by atoms with Gasteiger partial charge in [0.2, 0.25) is 0 Å². The number of halogens is 3. The van der Waals surface area contributed by atoms with Crippen molar-refractivity contribution >= 4 is 22.6 Å². The van der Waals surface area contributed by atoms with Crippen LogP contribution in [0.5, 0.6) is 0 Å². The highest BCUT2D eigenvalue weighted by atomic mass is 19.3. The molecule has 1 N–H and O–H groups in total. The van der Waals surface area contributed by atoms with Crippen LogP contribution in [-0.4, -0.2) is 46.4 Å². The van der Waals surface area contributed by atoms with E-state index in [0.717, 1.165) is 10.1 Å². The van der Waals surface area contributed by atoms with Gasteiger partial charge in [0.15, 0.2) is 0 Å². The molecule has 0 atom stereocenters. The highest BCUT2D eigenvalue weighted by molar-refractivity contribution is 6.02. The largest absolute Gasteiger partial charge is 0.377 e. The van der Waals surface area contributed by atoms with Gasteiger partial charge in [-0.25, -0.2) is 13.2 Å². The average molecular weight is 496 g/mol. The number of carbonyl (C=O) groups is 1. The molecule has 3 aromatic rings. The van der Waals surface area contributed by atoms with Crippen molar-refractivity contribution in [3.05, 3.63) is 68.9 Å². The number of anilines is 1. The van der Waals surface area contributed by atoms with Gasteiger partial charge < -0.3 is 10.2 Å². The van der Waals surface area contributed by atoms with Crippen LogP contribution in [0, 0.1) is 29.5 Å². The van der Waals surface area contributed by atoms with Crippen LogP contribution in [0.2, 0.25) is 0 Å². The molecule has 0 spiro atoms. The van der Waals surface area contributed by atoms with Crippen LogP contribution in [0.15, 0.2) is 35.3 Å². The van der Waals surface area contributed by atoms with Crippen molar-refractivity contribution in [2.45, 2.75) is 38.7 Å². The van der Waals surface area contributed by atoms with E-state index in [9.17, 15) is 28.0 Å². The maximum absolute atomic E-state index is 14.8. The van der Waals surface area contributed by atoms with Crippen LogP contribution >= 0.6 is 0 Å². The first-order valence-electron chi connectivity index (χ1n) is 11.6. The van der Waals surface area contributed by atoms with Gasteiger partial charge in [0.05, 0.1) is 41.3 Å². The highest BCUT2D eigenvalue weighted by Crippen LogP contribution is 2.45. The molecule has 2 aliphatic rings. The van der Waals surface area contributed by atoms with Crippen molar-refractivity contribution in [1.82, 2.24) is 14.5 Å². The van der Waals surface area contributed by atoms with E-state index in [-0.39, 0.29) is 35.4 Å². The SMILES string of the molecule is Cc1c(C(=O)N(C)CC2(C#N)CC2)c(=O)n2c3c(c(Cc4ccc(F)cc4)cnc13)NCC(F)(F)C2. The van der Waals surface area contributed by atoms with E-state index >= 15 is 0 Å². The minimum atomic E-state index is -3.26. The summed E-state index contributed by atoms with van der Waals surface area (Å²) in [6, 6.07) is 8.05. The molecule has 1 saturated carbocycles. The zero-order valence-electron chi connectivity index (χ0n) is 19.9. The number of hydrogen-bond acceptors (Lipinski definition) is 5. The monoisotopic (exact) mass is 495 g/mol. The lowest BCUT2D eigenvalue weighted by molar-refractivity contribution is -0.000940. The third-order valence-corrected chi connectivity index (χ3v) is 7.00. The fraction of sp³-hybridized carbons (Fsp3) is 0.385. The van der Waals surface area contributed by atoms with Gasteiger partial charge >= 0.3 is 0 Å². The van der Waals surface area contributed by atoms with Gasteiger partial charge in [-0.1, -0.05) is 12.1 Å². The molecule has 1 aliphatic carbocycles. The van der Waals surface area contributed by atoms with Crippen LogP contribution in [0.1, 0.15) is 39.9 Å². The lowest BCUT2D eigenvalue weighted by Gasteiger charge is -2.22. The average Bonchev–Trinajstić information content (AvgIpc) is 3.63. The van der Waals surface area contributed by atoms with Crippen molar-refractivity contribution in [3.8, 4) is 6.07 Å².